The fraction of sp³-hybridized carbons (Fsp3) is 1.00. The quantitative estimate of drug-likeness (QED) is 0.727. The zero-order valence-electron chi connectivity index (χ0n) is 12.3. The summed E-state index contributed by atoms with van der Waals surface area (Å²) in [5, 5.41) is 3.37. The van der Waals surface area contributed by atoms with Gasteiger partial charge in [0.2, 0.25) is 0 Å². The van der Waals surface area contributed by atoms with Gasteiger partial charge in [-0.3, -0.25) is 0 Å². The Kier molecular flexibility index (Phi) is 19.8. The first-order valence-corrected chi connectivity index (χ1v) is 7.36. The van der Waals surface area contributed by atoms with E-state index in [9.17, 15) is 0 Å². The van der Waals surface area contributed by atoms with Gasteiger partial charge in [-0.05, 0) is 13.0 Å². The van der Waals surface area contributed by atoms with Gasteiger partial charge in [0.1, 0.15) is 0 Å². The number of nitrogens with one attached hydrogen (secondary N) is 1. The Morgan fingerprint density at radius 3 is 1.94 bits per heavy atom. The second kappa shape index (κ2) is 17.3. The number of rotatable bonds is 5. The molecule has 100 valence electrons. The Hall–Kier alpha value is -0.0800. The van der Waals surface area contributed by atoms with Gasteiger partial charge in [0.25, 0.3) is 0 Å². The van der Waals surface area contributed by atoms with E-state index in [0.717, 1.165) is 0 Å². The highest BCUT2D eigenvalue weighted by Crippen LogP contribution is 2.01. The molecule has 0 bridgehead atoms. The van der Waals surface area contributed by atoms with E-state index in [1.165, 1.54) is 58.4 Å². The van der Waals surface area contributed by atoms with Crippen molar-refractivity contribution in [2.24, 2.45) is 0 Å². The third-order valence-electron chi connectivity index (χ3n) is 2.54. The molecule has 1 saturated heterocycles. The summed E-state index contributed by atoms with van der Waals surface area (Å²) < 4.78 is 0. The highest BCUT2D eigenvalue weighted by molar-refractivity contribution is 4.66. The zero-order valence-corrected chi connectivity index (χ0v) is 12.3. The van der Waals surface area contributed by atoms with Crippen molar-refractivity contribution in [3.05, 3.63) is 0 Å². The molecule has 0 aromatic carbocycles. The highest BCUT2D eigenvalue weighted by Gasteiger charge is 2.07. The monoisotopic (exact) mass is 230 g/mol. The van der Waals surface area contributed by atoms with Crippen molar-refractivity contribution in [3.63, 3.8) is 0 Å². The Balaban J connectivity index is 0. The first-order valence-electron chi connectivity index (χ1n) is 7.36. The van der Waals surface area contributed by atoms with Crippen LogP contribution >= 0.6 is 0 Å². The van der Waals surface area contributed by atoms with E-state index in [-0.39, 0.29) is 0 Å². The van der Waals surface area contributed by atoms with Crippen molar-refractivity contribution < 1.29 is 0 Å². The Labute approximate surface area is 104 Å². The van der Waals surface area contributed by atoms with Gasteiger partial charge < -0.3 is 10.2 Å². The molecule has 0 aromatic rings. The van der Waals surface area contributed by atoms with Crippen LogP contribution in [0.4, 0.5) is 0 Å². The lowest BCUT2D eigenvalue weighted by molar-refractivity contribution is 0.236. The predicted molar refractivity (Wildman–Crippen MR) is 76.1 cm³/mol. The molecule has 1 rings (SSSR count). The molecule has 2 nitrogen and oxygen atoms in total. The maximum absolute atomic E-state index is 3.37. The standard InChI is InChI=1S/C10H22N2.2C2H6/c1-2-3-4-5-8-12-9-6-11-7-10-12;2*1-2/h11H,2-10H2,1H3;2*1-2H3. The number of nitrogens with zero attached hydrogens (tertiary/aromatic N) is 1. The molecule has 1 aliphatic rings. The van der Waals surface area contributed by atoms with Gasteiger partial charge in [0.05, 0.1) is 0 Å². The molecular formula is C14H34N2. The van der Waals surface area contributed by atoms with E-state index < -0.39 is 0 Å². The summed E-state index contributed by atoms with van der Waals surface area (Å²) in [6.07, 6.45) is 5.57. The van der Waals surface area contributed by atoms with Gasteiger partial charge in [-0.15, -0.1) is 0 Å². The molecule has 1 N–H and O–H groups in total. The summed E-state index contributed by atoms with van der Waals surface area (Å²) in [5.74, 6) is 0. The molecule has 1 heterocycles. The lowest BCUT2D eigenvalue weighted by Gasteiger charge is -2.26. The molecule has 1 fully saturated rings. The second-order valence-electron chi connectivity index (χ2n) is 3.65. The van der Waals surface area contributed by atoms with E-state index in [2.05, 4.69) is 17.1 Å². The van der Waals surface area contributed by atoms with Crippen molar-refractivity contribution in [3.8, 4) is 0 Å². The van der Waals surface area contributed by atoms with Crippen LogP contribution in [0.1, 0.15) is 60.3 Å². The Morgan fingerprint density at radius 2 is 1.44 bits per heavy atom. The number of piperazine rings is 1. The zero-order chi connectivity index (χ0) is 12.6. The maximum Gasteiger partial charge on any atom is 0.0107 e. The average molecular weight is 230 g/mol. The van der Waals surface area contributed by atoms with E-state index in [0.29, 0.717) is 0 Å². The van der Waals surface area contributed by atoms with Crippen LogP contribution in [0.25, 0.3) is 0 Å². The molecule has 0 amide bonds. The minimum Gasteiger partial charge on any atom is -0.314 e. The van der Waals surface area contributed by atoms with Crippen LogP contribution in [0.2, 0.25) is 0 Å². The van der Waals surface area contributed by atoms with Crippen LogP contribution in [0, 0.1) is 0 Å². The Morgan fingerprint density at radius 1 is 0.875 bits per heavy atom. The molecule has 0 atom stereocenters. The first kappa shape index (κ1) is 18.3. The van der Waals surface area contributed by atoms with Gasteiger partial charge in [-0.2, -0.15) is 0 Å². The van der Waals surface area contributed by atoms with E-state index in [1.54, 1.807) is 0 Å². The highest BCUT2D eigenvalue weighted by atomic mass is 15.2. The first-order chi connectivity index (χ1) is 7.93. The van der Waals surface area contributed by atoms with Gasteiger partial charge in [0.15, 0.2) is 0 Å². The topological polar surface area (TPSA) is 15.3 Å². The molecule has 0 spiro atoms. The lowest BCUT2D eigenvalue weighted by Crippen LogP contribution is -2.43. The van der Waals surface area contributed by atoms with E-state index in [1.807, 2.05) is 27.7 Å². The van der Waals surface area contributed by atoms with Crippen molar-refractivity contribution in [1.82, 2.24) is 10.2 Å². The van der Waals surface area contributed by atoms with Crippen molar-refractivity contribution in [2.75, 3.05) is 32.7 Å². The summed E-state index contributed by atoms with van der Waals surface area (Å²) in [4.78, 5) is 2.58. The normalized spacial score (nSPS) is 15.6. The minimum atomic E-state index is 1.19. The van der Waals surface area contributed by atoms with Gasteiger partial charge >= 0.3 is 0 Å². The molecule has 0 aliphatic carbocycles. The Bertz CT molecular complexity index is 98.9. The molecule has 1 aliphatic heterocycles. The molecule has 16 heavy (non-hydrogen) atoms. The smallest absolute Gasteiger partial charge is 0.0107 e. The molecule has 2 heteroatoms. The molecule has 0 radical (unpaired) electrons. The van der Waals surface area contributed by atoms with E-state index >= 15 is 0 Å². The average Bonchev–Trinajstić information content (AvgIpc) is 2.41. The summed E-state index contributed by atoms with van der Waals surface area (Å²) >= 11 is 0. The number of hydrogen-bond donors (Lipinski definition) is 1. The SMILES string of the molecule is CC.CC.CCCCCCN1CCNCC1. The molecule has 0 unspecified atom stereocenters. The fourth-order valence-electron chi connectivity index (χ4n) is 1.70. The molecule has 0 saturated carbocycles. The minimum absolute atomic E-state index is 1.19. The number of hydrogen-bond acceptors (Lipinski definition) is 2. The molecular weight excluding hydrogens is 196 g/mol. The van der Waals surface area contributed by atoms with Gasteiger partial charge in [0, 0.05) is 26.2 Å². The summed E-state index contributed by atoms with van der Waals surface area (Å²) in [6, 6.07) is 0. The third-order valence-corrected chi connectivity index (χ3v) is 2.54. The lowest BCUT2D eigenvalue weighted by atomic mass is 10.2. The predicted octanol–water partition coefficient (Wildman–Crippen LogP) is 3.52. The van der Waals surface area contributed by atoms with Gasteiger partial charge in [-0.25, -0.2) is 0 Å². The van der Waals surface area contributed by atoms with Crippen LogP contribution in [0.15, 0.2) is 0 Å². The fourth-order valence-corrected chi connectivity index (χ4v) is 1.70. The van der Waals surface area contributed by atoms with Crippen molar-refractivity contribution in [1.29, 1.82) is 0 Å². The summed E-state index contributed by atoms with van der Waals surface area (Å²) in [6.45, 7) is 16.5. The summed E-state index contributed by atoms with van der Waals surface area (Å²) in [7, 11) is 0. The van der Waals surface area contributed by atoms with Crippen LogP contribution in [0.3, 0.4) is 0 Å². The van der Waals surface area contributed by atoms with Crippen molar-refractivity contribution in [2.45, 2.75) is 60.3 Å². The largest absolute Gasteiger partial charge is 0.314 e. The van der Waals surface area contributed by atoms with Crippen LogP contribution in [0.5, 0.6) is 0 Å². The van der Waals surface area contributed by atoms with Gasteiger partial charge in [-0.1, -0.05) is 53.9 Å². The van der Waals surface area contributed by atoms with Crippen LogP contribution < -0.4 is 5.32 Å². The van der Waals surface area contributed by atoms with Crippen molar-refractivity contribution >= 4 is 0 Å². The number of unbranched alkanes of at least 4 members (excludes halogenated alkanes) is 3. The van der Waals surface area contributed by atoms with Crippen LogP contribution in [-0.4, -0.2) is 37.6 Å². The van der Waals surface area contributed by atoms with E-state index in [4.69, 9.17) is 0 Å². The second-order valence-corrected chi connectivity index (χ2v) is 3.65. The molecule has 0 aromatic heterocycles. The maximum atomic E-state index is 3.37. The van der Waals surface area contributed by atoms with Crippen LogP contribution in [-0.2, 0) is 0 Å². The third kappa shape index (κ3) is 12.0. The summed E-state index contributed by atoms with van der Waals surface area (Å²) in [5.41, 5.74) is 0.